The summed E-state index contributed by atoms with van der Waals surface area (Å²) in [4.78, 5) is 15.7. The molecular formula is C25H36F2N6O. The summed E-state index contributed by atoms with van der Waals surface area (Å²) in [7, 11) is 3.35. The molecule has 0 bridgehead atoms. The van der Waals surface area contributed by atoms with E-state index in [0.29, 0.717) is 42.7 Å². The quantitative estimate of drug-likeness (QED) is 0.539. The number of hydrogen-bond donors (Lipinski definition) is 2. The first-order valence-electron chi connectivity index (χ1n) is 11.9. The molecule has 2 N–H and O–H groups in total. The molecule has 1 fully saturated rings. The van der Waals surface area contributed by atoms with Crippen LogP contribution in [0, 0.1) is 5.92 Å². The normalized spacial score (nSPS) is 22.5. The van der Waals surface area contributed by atoms with Crippen LogP contribution in [0.3, 0.4) is 0 Å². The molecular weight excluding hydrogens is 438 g/mol. The molecule has 34 heavy (non-hydrogen) atoms. The molecule has 2 aliphatic rings. The highest BCUT2D eigenvalue weighted by Crippen LogP contribution is 2.30. The molecule has 186 valence electrons. The van der Waals surface area contributed by atoms with E-state index in [2.05, 4.69) is 44.6 Å². The highest BCUT2D eigenvalue weighted by Gasteiger charge is 2.41. The van der Waals surface area contributed by atoms with Crippen molar-refractivity contribution < 1.29 is 13.5 Å². The summed E-state index contributed by atoms with van der Waals surface area (Å²) in [5, 5.41) is 6.19. The minimum absolute atomic E-state index is 0.104. The van der Waals surface area contributed by atoms with Crippen LogP contribution in [0.25, 0.3) is 5.70 Å². The second kappa shape index (κ2) is 12.2. The molecule has 2 heterocycles. The van der Waals surface area contributed by atoms with E-state index in [1.807, 2.05) is 25.1 Å². The minimum Gasteiger partial charge on any atom is -0.380 e. The summed E-state index contributed by atoms with van der Waals surface area (Å²) in [6.07, 6.45) is 1.73. The van der Waals surface area contributed by atoms with Crippen molar-refractivity contribution in [3.63, 3.8) is 0 Å². The molecule has 3 rings (SSSR count). The Bertz CT molecular complexity index is 939. The molecule has 9 heteroatoms. The van der Waals surface area contributed by atoms with E-state index in [9.17, 15) is 8.78 Å². The predicted octanol–water partition coefficient (Wildman–Crippen LogP) is 3.28. The molecule has 7 nitrogen and oxygen atoms in total. The van der Waals surface area contributed by atoms with E-state index in [4.69, 9.17) is 9.73 Å². The first kappa shape index (κ1) is 26.0. The summed E-state index contributed by atoms with van der Waals surface area (Å²) in [5.74, 6) is -3.05. The highest BCUT2D eigenvalue weighted by atomic mass is 19.3. The number of anilines is 1. The summed E-state index contributed by atoms with van der Waals surface area (Å²) >= 11 is 0. The third-order valence-electron chi connectivity index (χ3n) is 6.20. The van der Waals surface area contributed by atoms with Gasteiger partial charge in [0.2, 0.25) is 0 Å². The molecule has 0 radical (unpaired) electrons. The van der Waals surface area contributed by atoms with Gasteiger partial charge in [0.25, 0.3) is 5.92 Å². The lowest BCUT2D eigenvalue weighted by atomic mass is 9.94. The SMILES string of the molecule is CCOCCN(CC)c1ccc(C2=CC(=N/C)/C(=N\C)C(NCC3CNCCC3(F)F)=N2)cc1. The molecule has 1 saturated heterocycles. The Hall–Kier alpha value is -2.65. The van der Waals surface area contributed by atoms with Crippen LogP contribution in [-0.2, 0) is 4.74 Å². The molecule has 0 saturated carbocycles. The molecule has 0 aromatic heterocycles. The van der Waals surface area contributed by atoms with Gasteiger partial charge in [0.1, 0.15) is 5.71 Å². The fraction of sp³-hybridized carbons (Fsp3) is 0.560. The zero-order chi connectivity index (χ0) is 24.6. The third-order valence-corrected chi connectivity index (χ3v) is 6.20. The Morgan fingerprint density at radius 2 is 1.97 bits per heavy atom. The maximum absolute atomic E-state index is 14.3. The molecule has 1 unspecified atom stereocenters. The van der Waals surface area contributed by atoms with E-state index in [1.54, 1.807) is 14.1 Å². The lowest BCUT2D eigenvalue weighted by molar-refractivity contribution is -0.0755. The van der Waals surface area contributed by atoms with Gasteiger partial charge in [0.05, 0.1) is 23.9 Å². The van der Waals surface area contributed by atoms with Crippen LogP contribution in [0.1, 0.15) is 25.8 Å². The van der Waals surface area contributed by atoms with Crippen molar-refractivity contribution in [3.05, 3.63) is 35.9 Å². The van der Waals surface area contributed by atoms with Crippen LogP contribution in [-0.4, -0.2) is 83.2 Å². The lowest BCUT2D eigenvalue weighted by Crippen LogP contribution is -2.51. The number of alkyl halides is 2. The van der Waals surface area contributed by atoms with Crippen LogP contribution >= 0.6 is 0 Å². The van der Waals surface area contributed by atoms with Crippen LogP contribution in [0.2, 0.25) is 0 Å². The molecule has 1 aromatic rings. The Morgan fingerprint density at radius 1 is 1.21 bits per heavy atom. The summed E-state index contributed by atoms with van der Waals surface area (Å²) in [5.41, 5.74) is 3.98. The standard InChI is InChI=1S/C25H36F2N6O/c1-5-33(13-14-34-6-2)20-9-7-18(8-10-20)21-15-22(28-3)23(29-4)24(32-21)31-17-19-16-30-12-11-25(19,26)27/h7-10,15,19,30H,5-6,11-14,16-17H2,1-4H3,(H,31,32)/b28-22-,29-23+. The van der Waals surface area contributed by atoms with Crippen LogP contribution in [0.5, 0.6) is 0 Å². The number of amidine groups is 1. The number of halogens is 2. The molecule has 2 aliphatic heterocycles. The van der Waals surface area contributed by atoms with Crippen molar-refractivity contribution in [2.75, 3.05) is 64.9 Å². The molecule has 0 aliphatic carbocycles. The van der Waals surface area contributed by atoms with Crippen molar-refractivity contribution in [2.24, 2.45) is 20.9 Å². The van der Waals surface area contributed by atoms with E-state index < -0.39 is 11.8 Å². The molecule has 0 spiro atoms. The monoisotopic (exact) mass is 474 g/mol. The fourth-order valence-electron chi connectivity index (χ4n) is 4.14. The van der Waals surface area contributed by atoms with Crippen LogP contribution < -0.4 is 15.5 Å². The maximum Gasteiger partial charge on any atom is 0.255 e. The molecule has 1 atom stereocenters. The summed E-state index contributed by atoms with van der Waals surface area (Å²) in [6.45, 7) is 7.91. The summed E-state index contributed by atoms with van der Waals surface area (Å²) < 4.78 is 34.1. The fourth-order valence-corrected chi connectivity index (χ4v) is 4.14. The number of ether oxygens (including phenoxy) is 1. The molecule has 0 amide bonds. The maximum atomic E-state index is 14.3. The van der Waals surface area contributed by atoms with Crippen molar-refractivity contribution >= 4 is 28.6 Å². The van der Waals surface area contributed by atoms with Gasteiger partial charge in [-0.3, -0.25) is 9.98 Å². The van der Waals surface area contributed by atoms with Gasteiger partial charge in [-0.2, -0.15) is 0 Å². The zero-order valence-corrected chi connectivity index (χ0v) is 20.6. The third kappa shape index (κ3) is 6.27. The average molecular weight is 475 g/mol. The number of benzene rings is 1. The number of likely N-dealkylation sites (N-methyl/N-ethyl adjacent to an activating group) is 1. The first-order chi connectivity index (χ1) is 16.4. The number of rotatable bonds is 9. The van der Waals surface area contributed by atoms with Gasteiger partial charge >= 0.3 is 0 Å². The van der Waals surface area contributed by atoms with E-state index >= 15 is 0 Å². The largest absolute Gasteiger partial charge is 0.380 e. The van der Waals surface area contributed by atoms with Gasteiger partial charge in [-0.1, -0.05) is 12.1 Å². The smallest absolute Gasteiger partial charge is 0.255 e. The van der Waals surface area contributed by atoms with Gasteiger partial charge < -0.3 is 20.3 Å². The van der Waals surface area contributed by atoms with Crippen molar-refractivity contribution in [1.29, 1.82) is 0 Å². The number of nitrogens with zero attached hydrogens (tertiary/aromatic N) is 4. The van der Waals surface area contributed by atoms with Crippen LogP contribution in [0.4, 0.5) is 14.5 Å². The number of nitrogens with one attached hydrogen (secondary N) is 2. The number of piperidine rings is 1. The van der Waals surface area contributed by atoms with Crippen LogP contribution in [0.15, 0.2) is 45.3 Å². The second-order valence-corrected chi connectivity index (χ2v) is 8.29. The Balaban J connectivity index is 1.80. The first-order valence-corrected chi connectivity index (χ1v) is 11.9. The average Bonchev–Trinajstić information content (AvgIpc) is 2.85. The van der Waals surface area contributed by atoms with Gasteiger partial charge in [-0.15, -0.1) is 0 Å². The van der Waals surface area contributed by atoms with Crippen molar-refractivity contribution in [2.45, 2.75) is 26.2 Å². The summed E-state index contributed by atoms with van der Waals surface area (Å²) in [6, 6.07) is 8.17. The second-order valence-electron chi connectivity index (χ2n) is 8.29. The van der Waals surface area contributed by atoms with Gasteiger partial charge in [-0.25, -0.2) is 13.8 Å². The zero-order valence-electron chi connectivity index (χ0n) is 20.6. The topological polar surface area (TPSA) is 73.6 Å². The number of aliphatic imine (C=N–C) groups is 3. The van der Waals surface area contributed by atoms with E-state index in [1.165, 1.54) is 0 Å². The van der Waals surface area contributed by atoms with E-state index in [0.717, 1.165) is 24.3 Å². The molecule has 1 aromatic carbocycles. The van der Waals surface area contributed by atoms with Crippen molar-refractivity contribution in [1.82, 2.24) is 10.6 Å². The number of hydrogen-bond acceptors (Lipinski definition) is 7. The minimum atomic E-state index is -2.71. The van der Waals surface area contributed by atoms with E-state index in [-0.39, 0.29) is 19.5 Å². The Labute approximate surface area is 201 Å². The lowest BCUT2D eigenvalue weighted by Gasteiger charge is -2.32. The van der Waals surface area contributed by atoms with Gasteiger partial charge in [-0.05, 0) is 32.1 Å². The van der Waals surface area contributed by atoms with Gasteiger partial charge in [0, 0.05) is 71.1 Å². The van der Waals surface area contributed by atoms with Crippen molar-refractivity contribution in [3.8, 4) is 0 Å². The Kier molecular flexibility index (Phi) is 9.29. The Morgan fingerprint density at radius 3 is 2.59 bits per heavy atom. The number of allylic oxidation sites excluding steroid dienone is 1. The van der Waals surface area contributed by atoms with Gasteiger partial charge in [0.15, 0.2) is 5.84 Å². The highest BCUT2D eigenvalue weighted by molar-refractivity contribution is 6.72. The predicted molar refractivity (Wildman–Crippen MR) is 137 cm³/mol.